The molecule has 0 fully saturated rings. The molecule has 4 nitrogen and oxygen atoms in total. The zero-order chi connectivity index (χ0) is 14.2. The number of hydrogen-bond donors (Lipinski definition) is 2. The maximum Gasteiger partial charge on any atom is 0.256 e. The van der Waals surface area contributed by atoms with Gasteiger partial charge >= 0.3 is 0 Å². The molecule has 0 aromatic heterocycles. The minimum atomic E-state index is -1.56. The lowest BCUT2D eigenvalue weighted by Gasteiger charge is -2.07. The van der Waals surface area contributed by atoms with Gasteiger partial charge in [-0.3, -0.25) is 10.1 Å². The van der Waals surface area contributed by atoms with Crippen LogP contribution in [0.25, 0.3) is 0 Å². The molecule has 0 radical (unpaired) electrons. The van der Waals surface area contributed by atoms with E-state index in [4.69, 9.17) is 0 Å². The topological polar surface area (TPSA) is 53.5 Å². The fourth-order valence-electron chi connectivity index (χ4n) is 1.71. The SMILES string of the molecule is CC(C)NC1=NC(c2cc(F)c(F)c(F)c2)C(=O)N1. The van der Waals surface area contributed by atoms with Gasteiger partial charge in [0.25, 0.3) is 5.91 Å². The highest BCUT2D eigenvalue weighted by atomic mass is 19.2. The number of hydrogen-bond acceptors (Lipinski definition) is 3. The summed E-state index contributed by atoms with van der Waals surface area (Å²) in [6.07, 6.45) is 0. The number of amides is 1. The molecule has 1 unspecified atom stereocenters. The zero-order valence-corrected chi connectivity index (χ0v) is 10.3. The Morgan fingerprint density at radius 1 is 1.26 bits per heavy atom. The monoisotopic (exact) mass is 271 g/mol. The van der Waals surface area contributed by atoms with Gasteiger partial charge in [0.15, 0.2) is 29.5 Å². The highest BCUT2D eigenvalue weighted by Gasteiger charge is 2.29. The maximum atomic E-state index is 13.1. The van der Waals surface area contributed by atoms with E-state index in [-0.39, 0.29) is 17.6 Å². The first-order valence-electron chi connectivity index (χ1n) is 5.68. The molecule has 1 atom stereocenters. The first kappa shape index (κ1) is 13.4. The molecule has 102 valence electrons. The smallest absolute Gasteiger partial charge is 0.256 e. The van der Waals surface area contributed by atoms with Gasteiger partial charge in [0.2, 0.25) is 0 Å². The van der Waals surface area contributed by atoms with Crippen molar-refractivity contribution in [3.05, 3.63) is 35.1 Å². The van der Waals surface area contributed by atoms with E-state index in [9.17, 15) is 18.0 Å². The highest BCUT2D eigenvalue weighted by molar-refractivity contribution is 6.05. The number of benzene rings is 1. The van der Waals surface area contributed by atoms with Crippen LogP contribution in [0.3, 0.4) is 0 Å². The van der Waals surface area contributed by atoms with E-state index in [1.807, 2.05) is 13.8 Å². The van der Waals surface area contributed by atoms with Crippen LogP contribution in [0.4, 0.5) is 13.2 Å². The second kappa shape index (κ2) is 4.91. The summed E-state index contributed by atoms with van der Waals surface area (Å²) in [5, 5.41) is 5.32. The van der Waals surface area contributed by atoms with Crippen molar-refractivity contribution in [2.45, 2.75) is 25.9 Å². The third kappa shape index (κ3) is 2.69. The fraction of sp³-hybridized carbons (Fsp3) is 0.333. The van der Waals surface area contributed by atoms with Crippen LogP contribution in [0.2, 0.25) is 0 Å². The zero-order valence-electron chi connectivity index (χ0n) is 10.3. The third-order valence-corrected chi connectivity index (χ3v) is 2.50. The molecule has 1 aliphatic rings. The predicted molar refractivity (Wildman–Crippen MR) is 62.9 cm³/mol. The van der Waals surface area contributed by atoms with Crippen molar-refractivity contribution < 1.29 is 18.0 Å². The molecule has 1 amide bonds. The van der Waals surface area contributed by atoms with E-state index in [0.717, 1.165) is 12.1 Å². The number of guanidine groups is 1. The van der Waals surface area contributed by atoms with Gasteiger partial charge in [0.05, 0.1) is 0 Å². The molecule has 1 aromatic carbocycles. The van der Waals surface area contributed by atoms with Crippen LogP contribution >= 0.6 is 0 Å². The van der Waals surface area contributed by atoms with E-state index in [0.29, 0.717) is 0 Å². The van der Waals surface area contributed by atoms with Crippen LogP contribution in [0, 0.1) is 17.5 Å². The molecular formula is C12H12F3N3O. The Kier molecular flexibility index (Phi) is 3.46. The maximum absolute atomic E-state index is 13.1. The Morgan fingerprint density at radius 2 is 1.84 bits per heavy atom. The van der Waals surface area contributed by atoms with Crippen LogP contribution in [-0.4, -0.2) is 17.9 Å². The predicted octanol–water partition coefficient (Wildman–Crippen LogP) is 1.63. The molecule has 0 spiro atoms. The molecule has 19 heavy (non-hydrogen) atoms. The average Bonchev–Trinajstić information content (AvgIpc) is 2.65. The Labute approximate surface area is 107 Å². The van der Waals surface area contributed by atoms with Crippen molar-refractivity contribution in [3.8, 4) is 0 Å². The standard InChI is InChI=1S/C12H12F3N3O/c1-5(2)16-12-17-10(11(19)18-12)6-3-7(13)9(15)8(14)4-6/h3-5,10H,1-2H3,(H2,16,17,18,19). The molecule has 1 heterocycles. The number of carbonyl (C=O) groups is 1. The third-order valence-electron chi connectivity index (χ3n) is 2.50. The lowest BCUT2D eigenvalue weighted by Crippen LogP contribution is -2.40. The van der Waals surface area contributed by atoms with E-state index < -0.39 is 29.4 Å². The van der Waals surface area contributed by atoms with Gasteiger partial charge in [-0.05, 0) is 31.5 Å². The fourth-order valence-corrected chi connectivity index (χ4v) is 1.71. The van der Waals surface area contributed by atoms with Crippen molar-refractivity contribution in [1.82, 2.24) is 10.6 Å². The van der Waals surface area contributed by atoms with Crippen LogP contribution in [0.5, 0.6) is 0 Å². The number of nitrogens with zero attached hydrogens (tertiary/aromatic N) is 1. The molecule has 7 heteroatoms. The van der Waals surface area contributed by atoms with Crippen molar-refractivity contribution in [3.63, 3.8) is 0 Å². The normalized spacial score (nSPS) is 18.5. The van der Waals surface area contributed by atoms with Gasteiger partial charge in [-0.1, -0.05) is 0 Å². The number of carbonyl (C=O) groups excluding carboxylic acids is 1. The largest absolute Gasteiger partial charge is 0.354 e. The van der Waals surface area contributed by atoms with Gasteiger partial charge in [-0.2, -0.15) is 0 Å². The molecule has 1 aromatic rings. The molecule has 0 aliphatic carbocycles. The number of halogens is 3. The summed E-state index contributed by atoms with van der Waals surface area (Å²) < 4.78 is 39.1. The van der Waals surface area contributed by atoms with Crippen LogP contribution in [0.15, 0.2) is 17.1 Å². The molecule has 2 rings (SSSR count). The lowest BCUT2D eigenvalue weighted by molar-refractivity contribution is -0.120. The first-order chi connectivity index (χ1) is 8.88. The summed E-state index contributed by atoms with van der Waals surface area (Å²) in [5.41, 5.74) is -0.0329. The van der Waals surface area contributed by atoms with Crippen LogP contribution < -0.4 is 10.6 Å². The van der Waals surface area contributed by atoms with Crippen molar-refractivity contribution in [2.75, 3.05) is 0 Å². The van der Waals surface area contributed by atoms with Crippen LogP contribution in [-0.2, 0) is 4.79 Å². The summed E-state index contributed by atoms with van der Waals surface area (Å²) in [5.74, 6) is -4.54. The molecule has 0 saturated heterocycles. The van der Waals surface area contributed by atoms with E-state index in [2.05, 4.69) is 15.6 Å². The van der Waals surface area contributed by atoms with Crippen molar-refractivity contribution >= 4 is 11.9 Å². The molecule has 1 aliphatic heterocycles. The van der Waals surface area contributed by atoms with Gasteiger partial charge in [0, 0.05) is 6.04 Å². The Balaban J connectivity index is 2.31. The minimum absolute atomic E-state index is 0.0329. The summed E-state index contributed by atoms with van der Waals surface area (Å²) in [7, 11) is 0. The quantitative estimate of drug-likeness (QED) is 0.803. The van der Waals surface area contributed by atoms with Gasteiger partial charge in [0.1, 0.15) is 0 Å². The average molecular weight is 271 g/mol. The van der Waals surface area contributed by atoms with E-state index in [1.165, 1.54) is 0 Å². The van der Waals surface area contributed by atoms with Gasteiger partial charge < -0.3 is 5.32 Å². The molecule has 0 bridgehead atoms. The Morgan fingerprint density at radius 3 is 2.37 bits per heavy atom. The van der Waals surface area contributed by atoms with E-state index >= 15 is 0 Å². The van der Waals surface area contributed by atoms with Crippen molar-refractivity contribution in [1.29, 1.82) is 0 Å². The summed E-state index contributed by atoms with van der Waals surface area (Å²) >= 11 is 0. The number of rotatable bonds is 2. The van der Waals surface area contributed by atoms with Gasteiger partial charge in [-0.25, -0.2) is 18.2 Å². The Hall–Kier alpha value is -2.05. The highest BCUT2D eigenvalue weighted by Crippen LogP contribution is 2.24. The summed E-state index contributed by atoms with van der Waals surface area (Å²) in [6, 6.07) is 0.500. The number of aliphatic imine (C=N–C) groups is 1. The lowest BCUT2D eigenvalue weighted by atomic mass is 10.1. The minimum Gasteiger partial charge on any atom is -0.354 e. The first-order valence-corrected chi connectivity index (χ1v) is 5.68. The van der Waals surface area contributed by atoms with Crippen molar-refractivity contribution in [2.24, 2.45) is 4.99 Å². The molecule has 0 saturated carbocycles. The van der Waals surface area contributed by atoms with Gasteiger partial charge in [-0.15, -0.1) is 0 Å². The Bertz CT molecular complexity index is 534. The molecular weight excluding hydrogens is 259 g/mol. The second-order valence-corrected chi connectivity index (χ2v) is 4.47. The number of nitrogens with one attached hydrogen (secondary N) is 2. The summed E-state index contributed by atoms with van der Waals surface area (Å²) in [6.45, 7) is 3.69. The second-order valence-electron chi connectivity index (χ2n) is 4.47. The molecule has 2 N–H and O–H groups in total. The van der Waals surface area contributed by atoms with E-state index in [1.54, 1.807) is 0 Å². The summed E-state index contributed by atoms with van der Waals surface area (Å²) in [4.78, 5) is 15.7. The van der Waals surface area contributed by atoms with Crippen LogP contribution in [0.1, 0.15) is 25.5 Å².